The van der Waals surface area contributed by atoms with Crippen molar-refractivity contribution >= 4 is 37.4 Å². The molecule has 1 saturated carbocycles. The van der Waals surface area contributed by atoms with Gasteiger partial charge in [0, 0.05) is 41.5 Å². The second kappa shape index (κ2) is 12.4. The van der Waals surface area contributed by atoms with E-state index in [1.807, 2.05) is 6.07 Å². The normalized spacial score (nSPS) is 23.2. The molecule has 0 saturated heterocycles. The number of aliphatic carboxylic acids is 1. The van der Waals surface area contributed by atoms with Gasteiger partial charge in [-0.1, -0.05) is 53.7 Å². The van der Waals surface area contributed by atoms with E-state index in [1.165, 1.54) is 11.3 Å². The van der Waals surface area contributed by atoms with Crippen LogP contribution >= 0.6 is 11.3 Å². The summed E-state index contributed by atoms with van der Waals surface area (Å²) < 4.78 is 18.2. The number of carbonyl (C=O) groups excluding carboxylic acids is 2. The van der Waals surface area contributed by atoms with Gasteiger partial charge >= 0.3 is 11.9 Å². The summed E-state index contributed by atoms with van der Waals surface area (Å²) in [5, 5.41) is 12.8. The summed E-state index contributed by atoms with van der Waals surface area (Å²) in [5.74, 6) is -6.28. The minimum atomic E-state index is -2.35. The molecule has 1 aliphatic rings. The third-order valence-corrected chi connectivity index (χ3v) is 14.2. The van der Waals surface area contributed by atoms with Crippen molar-refractivity contribution in [3.8, 4) is 5.75 Å². The molecule has 238 valence electrons. The van der Waals surface area contributed by atoms with Gasteiger partial charge < -0.3 is 19.0 Å². The molecule has 10 heteroatoms. The number of thiazole rings is 1. The summed E-state index contributed by atoms with van der Waals surface area (Å²) in [7, 11) is -0.785. The zero-order chi connectivity index (χ0) is 32.7. The fourth-order valence-electron chi connectivity index (χ4n) is 5.65. The van der Waals surface area contributed by atoms with Gasteiger partial charge in [0.15, 0.2) is 14.1 Å². The average Bonchev–Trinajstić information content (AvgIpc) is 3.50. The molecule has 2 aromatic rings. The first-order valence-corrected chi connectivity index (χ1v) is 18.6. The van der Waals surface area contributed by atoms with Crippen molar-refractivity contribution in [3.05, 3.63) is 45.9 Å². The number of benzene rings is 1. The number of Topliss-reactive ketones (excluding diaryl/α,β-unsaturated/α-hetero) is 1. The summed E-state index contributed by atoms with van der Waals surface area (Å²) >= 11 is 1.29. The van der Waals surface area contributed by atoms with Gasteiger partial charge in [0.2, 0.25) is 0 Å². The number of aromatic nitrogens is 1. The Balaban J connectivity index is 2.25. The summed E-state index contributed by atoms with van der Waals surface area (Å²) in [4.78, 5) is 46.3. The lowest BCUT2D eigenvalue weighted by molar-refractivity contribution is -0.163. The highest BCUT2D eigenvalue weighted by Crippen LogP contribution is 2.54. The third-order valence-electron chi connectivity index (χ3n) is 8.82. The number of ketones is 1. The van der Waals surface area contributed by atoms with Crippen molar-refractivity contribution in [2.75, 3.05) is 13.7 Å². The Bertz CT molecular complexity index is 1320. The van der Waals surface area contributed by atoms with Crippen LogP contribution in [0.1, 0.15) is 89.2 Å². The minimum absolute atomic E-state index is 0.0231. The predicted octanol–water partition coefficient (Wildman–Crippen LogP) is 7.34. The SMILES string of the molecule is COc1cc(C(=O)C2[C@@H](c3nccs3)[C@@H](C(=O)O)[C@H](CO[Si](C)(C)C(C)(C)C)[C@H]2C(=O)OC(C)(C)C)ccc1C(C)(C)C. The molecular weight excluding hydrogens is 583 g/mol. The van der Waals surface area contributed by atoms with E-state index in [9.17, 15) is 19.5 Å². The van der Waals surface area contributed by atoms with Crippen molar-refractivity contribution < 1.29 is 33.4 Å². The van der Waals surface area contributed by atoms with E-state index in [0.717, 1.165) is 5.56 Å². The van der Waals surface area contributed by atoms with Crippen molar-refractivity contribution in [2.45, 2.75) is 97.4 Å². The molecule has 0 aliphatic heterocycles. The molecule has 1 heterocycles. The van der Waals surface area contributed by atoms with Crippen LogP contribution in [-0.4, -0.2) is 55.4 Å². The molecule has 0 radical (unpaired) electrons. The Kier molecular flexibility index (Phi) is 10.1. The van der Waals surface area contributed by atoms with Crippen molar-refractivity contribution in [2.24, 2.45) is 23.7 Å². The Morgan fingerprint density at radius 2 is 1.60 bits per heavy atom. The van der Waals surface area contributed by atoms with Crippen molar-refractivity contribution in [3.63, 3.8) is 0 Å². The first-order chi connectivity index (χ1) is 19.6. The molecule has 43 heavy (non-hydrogen) atoms. The quantitative estimate of drug-likeness (QED) is 0.174. The third kappa shape index (κ3) is 7.57. The standard InChI is InChI=1S/C33H49NO7SSi/c1-31(2,3)21-14-13-19(17-22(21)39-10)27(35)25-24(30(38)41-32(4,5)6)20(18-40-43(11,12)33(7,8)9)23(29(36)37)26(25)28-34-15-16-42-28/h13-17,20,23-26H,18H2,1-12H3,(H,36,37)/t20-,23-,24+,25?,26-/m0/s1. The van der Waals surface area contributed by atoms with Crippen LogP contribution in [-0.2, 0) is 24.2 Å². The zero-order valence-corrected chi connectivity index (χ0v) is 29.5. The Morgan fingerprint density at radius 1 is 0.977 bits per heavy atom. The molecule has 1 aromatic carbocycles. The summed E-state index contributed by atoms with van der Waals surface area (Å²) in [6.07, 6.45) is 1.60. The summed E-state index contributed by atoms with van der Waals surface area (Å²) in [5.41, 5.74) is 0.205. The lowest BCUT2D eigenvalue weighted by atomic mass is 9.79. The number of nitrogens with zero attached hydrogens (tertiary/aromatic N) is 1. The van der Waals surface area contributed by atoms with Crippen molar-refractivity contribution in [1.29, 1.82) is 0 Å². The summed E-state index contributed by atoms with van der Waals surface area (Å²) in [6.45, 7) is 22.0. The maximum atomic E-state index is 14.6. The lowest BCUT2D eigenvalue weighted by Gasteiger charge is -2.38. The number of rotatable bonds is 9. The zero-order valence-electron chi connectivity index (χ0n) is 27.7. The van der Waals surface area contributed by atoms with Gasteiger partial charge in [0.25, 0.3) is 0 Å². The fraction of sp³-hybridized carbons (Fsp3) is 0.636. The number of carbonyl (C=O) groups is 3. The van der Waals surface area contributed by atoms with Crippen LogP contribution in [0.15, 0.2) is 29.8 Å². The van der Waals surface area contributed by atoms with Crippen LogP contribution < -0.4 is 4.74 Å². The molecule has 0 bridgehead atoms. The van der Waals surface area contributed by atoms with Crippen molar-refractivity contribution in [1.82, 2.24) is 4.98 Å². The average molecular weight is 632 g/mol. The second-order valence-corrected chi connectivity index (χ2v) is 20.8. The monoisotopic (exact) mass is 631 g/mol. The summed E-state index contributed by atoms with van der Waals surface area (Å²) in [6, 6.07) is 5.31. The maximum absolute atomic E-state index is 14.6. The number of carboxylic acid groups (broad SMARTS) is 1. The van der Waals surface area contributed by atoms with Crippen LogP contribution in [0.5, 0.6) is 5.75 Å². The second-order valence-electron chi connectivity index (χ2n) is 15.1. The molecule has 0 spiro atoms. The van der Waals surface area contributed by atoms with E-state index in [0.29, 0.717) is 16.3 Å². The molecule has 1 unspecified atom stereocenters. The maximum Gasteiger partial charge on any atom is 0.310 e. The first-order valence-electron chi connectivity index (χ1n) is 14.8. The van der Waals surface area contributed by atoms with E-state index in [2.05, 4.69) is 59.6 Å². The Labute approximate surface area is 261 Å². The predicted molar refractivity (Wildman–Crippen MR) is 171 cm³/mol. The highest BCUT2D eigenvalue weighted by atomic mass is 32.1. The van der Waals surface area contributed by atoms with Gasteiger partial charge in [-0.05, 0) is 55.9 Å². The number of methoxy groups -OCH3 is 1. The molecule has 0 amide bonds. The molecular formula is C33H49NO7SSi. The molecule has 8 nitrogen and oxygen atoms in total. The van der Waals surface area contributed by atoms with E-state index in [-0.39, 0.29) is 22.8 Å². The lowest BCUT2D eigenvalue weighted by Crippen LogP contribution is -2.44. The number of esters is 1. The van der Waals surface area contributed by atoms with E-state index in [4.69, 9.17) is 13.9 Å². The fourth-order valence-corrected chi connectivity index (χ4v) is 7.52. The van der Waals surface area contributed by atoms with E-state index < -0.39 is 55.4 Å². The first kappa shape index (κ1) is 34.9. The number of hydrogen-bond acceptors (Lipinski definition) is 8. The van der Waals surface area contributed by atoms with Crippen LogP contribution in [0.4, 0.5) is 0 Å². The largest absolute Gasteiger partial charge is 0.496 e. The minimum Gasteiger partial charge on any atom is -0.496 e. The van der Waals surface area contributed by atoms with Gasteiger partial charge in [-0.2, -0.15) is 0 Å². The highest BCUT2D eigenvalue weighted by molar-refractivity contribution is 7.09. The smallest absolute Gasteiger partial charge is 0.310 e. The van der Waals surface area contributed by atoms with Crippen LogP contribution in [0.3, 0.4) is 0 Å². The van der Waals surface area contributed by atoms with Gasteiger partial charge in [-0.25, -0.2) is 4.98 Å². The topological polar surface area (TPSA) is 112 Å². The van der Waals surface area contributed by atoms with Crippen LogP contribution in [0.25, 0.3) is 0 Å². The van der Waals surface area contributed by atoms with E-state index in [1.54, 1.807) is 51.6 Å². The number of ether oxygens (including phenoxy) is 2. The Hall–Kier alpha value is -2.56. The van der Waals surface area contributed by atoms with Gasteiger partial charge in [-0.3, -0.25) is 14.4 Å². The molecule has 1 aliphatic carbocycles. The van der Waals surface area contributed by atoms with Gasteiger partial charge in [0.05, 0.1) is 24.0 Å². The number of carboxylic acids is 1. The molecule has 1 aromatic heterocycles. The molecule has 1 N–H and O–H groups in total. The molecule has 1 fully saturated rings. The van der Waals surface area contributed by atoms with Crippen LogP contribution in [0, 0.1) is 23.7 Å². The van der Waals surface area contributed by atoms with E-state index >= 15 is 0 Å². The highest BCUT2D eigenvalue weighted by Gasteiger charge is 2.61. The Morgan fingerprint density at radius 3 is 2.07 bits per heavy atom. The number of hydrogen-bond donors (Lipinski definition) is 1. The molecule has 5 atom stereocenters. The van der Waals surface area contributed by atoms with Gasteiger partial charge in [0.1, 0.15) is 11.4 Å². The van der Waals surface area contributed by atoms with Gasteiger partial charge in [-0.15, -0.1) is 11.3 Å². The molecule has 3 rings (SSSR count). The van der Waals surface area contributed by atoms with Crippen LogP contribution in [0.2, 0.25) is 18.1 Å².